The Balaban J connectivity index is 3.20. The van der Waals surface area contributed by atoms with Crippen LogP contribution in [0.25, 0.3) is 0 Å². The van der Waals surface area contributed by atoms with Gasteiger partial charge in [0.1, 0.15) is 0 Å². The first-order valence-corrected chi connectivity index (χ1v) is 2.88. The Morgan fingerprint density at radius 2 is 2.11 bits per heavy atom. The second-order valence-electron chi connectivity index (χ2n) is 1.10. The van der Waals surface area contributed by atoms with E-state index in [1.165, 1.54) is 0 Å². The summed E-state index contributed by atoms with van der Waals surface area (Å²) in [5.74, 6) is -0.969. The van der Waals surface area contributed by atoms with Gasteiger partial charge in [-0.3, -0.25) is 4.79 Å². The zero-order valence-corrected chi connectivity index (χ0v) is 4.75. The second kappa shape index (κ2) is 1.94. The molecule has 0 aromatic heterocycles. The fraction of sp³-hybridized carbons (Fsp3) is 0. The zero-order chi connectivity index (χ0) is 6.85. The van der Waals surface area contributed by atoms with Crippen LogP contribution in [0.4, 0.5) is 0 Å². The number of nitrogens with zero attached hydrogens (tertiary/aromatic N) is 2. The molecule has 0 radical (unpaired) electrons. The van der Waals surface area contributed by atoms with Crippen LogP contribution in [-0.2, 0) is 19.9 Å². The lowest BCUT2D eigenvalue weighted by molar-refractivity contribution is -0.111. The maximum Gasteiger partial charge on any atom is 0.352 e. The Morgan fingerprint density at radius 1 is 1.44 bits per heavy atom. The maximum absolute atomic E-state index is 10.2. The molecule has 9 heavy (non-hydrogen) atoms. The van der Waals surface area contributed by atoms with E-state index in [9.17, 15) is 13.2 Å². The average molecular weight is 148 g/mol. The van der Waals surface area contributed by atoms with Crippen molar-refractivity contribution < 1.29 is 18.0 Å². The summed E-state index contributed by atoms with van der Waals surface area (Å²) in [6, 6.07) is 0. The van der Waals surface area contributed by atoms with Crippen molar-refractivity contribution in [2.75, 3.05) is 0 Å². The quantitative estimate of drug-likeness (QED) is 0.409. The van der Waals surface area contributed by atoms with E-state index in [0.29, 0.717) is 0 Å². The van der Waals surface area contributed by atoms with Gasteiger partial charge in [-0.05, 0) is 0 Å². The molecule has 0 aromatic carbocycles. The molecular weight excluding hydrogens is 148 g/mol. The summed E-state index contributed by atoms with van der Waals surface area (Å²) in [4.78, 5) is 14.1. The van der Waals surface area contributed by atoms with Crippen LogP contribution >= 0.6 is 0 Å². The molecule has 6 nitrogen and oxygen atoms in total. The number of hydrogen-bond acceptors (Lipinski definition) is 5. The summed E-state index contributed by atoms with van der Waals surface area (Å²) < 4.78 is 19.8. The predicted octanol–water partition coefficient (Wildman–Crippen LogP) is -1.08. The highest BCUT2D eigenvalue weighted by atomic mass is 32.2. The molecule has 1 amide bonds. The van der Waals surface area contributed by atoms with E-state index in [1.807, 2.05) is 0 Å². The van der Waals surface area contributed by atoms with Crippen LogP contribution in [0.3, 0.4) is 0 Å². The summed E-state index contributed by atoms with van der Waals surface area (Å²) in [5, 5.41) is 4.73. The lowest BCUT2D eigenvalue weighted by atomic mass is 10.7. The van der Waals surface area contributed by atoms with Gasteiger partial charge in [-0.2, -0.15) is 8.42 Å². The van der Waals surface area contributed by atoms with E-state index < -0.39 is 21.3 Å². The topological polar surface area (TPSA) is 85.2 Å². The van der Waals surface area contributed by atoms with Crippen molar-refractivity contribution in [3.05, 3.63) is 0 Å². The van der Waals surface area contributed by atoms with Crippen molar-refractivity contribution >= 4 is 21.3 Å². The maximum atomic E-state index is 10.2. The summed E-state index contributed by atoms with van der Waals surface area (Å²) in [7, 11) is -2.66. The summed E-state index contributed by atoms with van der Waals surface area (Å²) >= 11 is 0. The minimum Gasteiger partial charge on any atom is -0.316 e. The third kappa shape index (κ3) is 0.941. The highest BCUT2D eigenvalue weighted by molar-refractivity contribution is 7.74. The number of rotatable bonds is 0. The average Bonchev–Trinajstić information content (AvgIpc) is 2.13. The molecule has 0 fully saturated rings. The minimum atomic E-state index is -2.66. The molecule has 0 saturated carbocycles. The molecule has 0 atom stereocenters. The van der Waals surface area contributed by atoms with Gasteiger partial charge in [-0.1, -0.05) is 5.11 Å². The first-order valence-electron chi connectivity index (χ1n) is 1.80. The number of carbonyl (C=O) groups excluding carboxylic acids is 1. The van der Waals surface area contributed by atoms with Crippen molar-refractivity contribution in [1.82, 2.24) is 0 Å². The van der Waals surface area contributed by atoms with Crippen LogP contribution in [0, 0.1) is 0 Å². The van der Waals surface area contributed by atoms with Crippen LogP contribution in [-0.4, -0.2) is 19.4 Å². The van der Waals surface area contributed by atoms with E-state index in [-0.39, 0.29) is 0 Å². The largest absolute Gasteiger partial charge is 0.352 e. The Hall–Kier alpha value is -1.24. The molecular formula is C2N2O4S. The lowest BCUT2D eigenvalue weighted by Gasteiger charge is -1.75. The van der Waals surface area contributed by atoms with Gasteiger partial charge >= 0.3 is 11.0 Å². The molecule has 1 rings (SSSR count). The predicted molar refractivity (Wildman–Crippen MR) is 24.9 cm³/mol. The fourth-order valence-electron chi connectivity index (χ4n) is 0.276. The van der Waals surface area contributed by atoms with Crippen LogP contribution in [0.15, 0.2) is 10.4 Å². The van der Waals surface area contributed by atoms with Gasteiger partial charge in [0.05, 0.1) is 0 Å². The summed E-state index contributed by atoms with van der Waals surface area (Å²) in [6.45, 7) is 0. The normalized spacial score (nSPS) is 16.0. The first kappa shape index (κ1) is 5.89. The Kier molecular flexibility index (Phi) is 1.27. The molecule has 0 saturated heterocycles. The highest BCUT2D eigenvalue weighted by Crippen LogP contribution is 1.95. The van der Waals surface area contributed by atoms with Crippen molar-refractivity contribution in [2.45, 2.75) is 0 Å². The minimum absolute atomic E-state index is 0.755. The van der Waals surface area contributed by atoms with E-state index in [2.05, 4.69) is 15.2 Å². The molecule has 1 heterocycles. The Bertz CT molecular complexity index is 291. The van der Waals surface area contributed by atoms with Gasteiger partial charge in [0.25, 0.3) is 10.3 Å². The summed E-state index contributed by atoms with van der Waals surface area (Å²) in [5.41, 5.74) is 0. The fourth-order valence-corrected chi connectivity index (χ4v) is 0.554. The highest BCUT2D eigenvalue weighted by Gasteiger charge is 2.20. The summed E-state index contributed by atoms with van der Waals surface area (Å²) in [6.07, 6.45) is 0. The molecule has 0 unspecified atom stereocenters. The molecule has 0 bridgehead atoms. The third-order valence-corrected chi connectivity index (χ3v) is 1.13. The molecule has 1 aliphatic rings. The molecule has 48 valence electrons. The van der Waals surface area contributed by atoms with Crippen LogP contribution < -0.4 is 0 Å². The number of carbonyl (C=O) groups is 1. The molecule has 1 aliphatic heterocycles. The van der Waals surface area contributed by atoms with Crippen molar-refractivity contribution in [1.29, 1.82) is 0 Å². The molecule has 0 aliphatic carbocycles. The monoisotopic (exact) mass is 148 g/mol. The van der Waals surface area contributed by atoms with Crippen molar-refractivity contribution in [2.24, 2.45) is 10.4 Å². The van der Waals surface area contributed by atoms with E-state index >= 15 is 0 Å². The Labute approximate surface area is 50.6 Å². The van der Waals surface area contributed by atoms with Crippen molar-refractivity contribution in [3.8, 4) is 0 Å². The molecule has 7 heteroatoms. The SMILES string of the molecule is O=C1N=NOC1=S(=O)=O. The van der Waals surface area contributed by atoms with Crippen LogP contribution in [0.2, 0.25) is 0 Å². The van der Waals surface area contributed by atoms with Crippen molar-refractivity contribution in [3.63, 3.8) is 0 Å². The van der Waals surface area contributed by atoms with Crippen LogP contribution in [0.5, 0.6) is 0 Å². The number of amides is 1. The molecule has 0 aromatic rings. The smallest absolute Gasteiger partial charge is 0.316 e. The molecule has 0 spiro atoms. The van der Waals surface area contributed by atoms with Gasteiger partial charge in [0.15, 0.2) is 0 Å². The lowest BCUT2D eigenvalue weighted by Crippen LogP contribution is -2.07. The standard InChI is InChI=1S/C2N2O4S/c5-1-2(9(6)7)8-4-3-1. The van der Waals surface area contributed by atoms with Gasteiger partial charge in [0.2, 0.25) is 0 Å². The van der Waals surface area contributed by atoms with E-state index in [0.717, 1.165) is 0 Å². The number of hydrogen-bond donors (Lipinski definition) is 0. The van der Waals surface area contributed by atoms with E-state index in [1.54, 1.807) is 0 Å². The van der Waals surface area contributed by atoms with Gasteiger partial charge in [0, 0.05) is 5.28 Å². The van der Waals surface area contributed by atoms with E-state index in [4.69, 9.17) is 0 Å². The Morgan fingerprint density at radius 3 is 2.33 bits per heavy atom. The molecule has 0 N–H and O–H groups in total. The third-order valence-electron chi connectivity index (χ3n) is 0.581. The van der Waals surface area contributed by atoms with Crippen LogP contribution in [0.1, 0.15) is 0 Å². The zero-order valence-electron chi connectivity index (χ0n) is 3.94. The van der Waals surface area contributed by atoms with Gasteiger partial charge in [-0.15, -0.1) is 0 Å². The second-order valence-corrected chi connectivity index (χ2v) is 1.94. The van der Waals surface area contributed by atoms with Gasteiger partial charge < -0.3 is 4.84 Å². The van der Waals surface area contributed by atoms with Gasteiger partial charge in [-0.25, -0.2) is 0 Å². The first-order chi connectivity index (χ1) is 4.22.